The first kappa shape index (κ1) is 76.8. The maximum Gasteiger partial charge on any atom is 0.246 e. The number of aromatic nitrogens is 1. The van der Waals surface area contributed by atoms with Crippen molar-refractivity contribution in [1.29, 1.82) is 0 Å². The Bertz CT molecular complexity index is 4150. The summed E-state index contributed by atoms with van der Waals surface area (Å²) in [6, 6.07) is 35.5. The van der Waals surface area contributed by atoms with Gasteiger partial charge in [-0.1, -0.05) is 106 Å². The molecule has 1 unspecified atom stereocenters. The normalized spacial score (nSPS) is 21.0. The van der Waals surface area contributed by atoms with E-state index in [2.05, 4.69) is 71.3 Å². The first-order valence-electron chi connectivity index (χ1n) is 35.8. The van der Waals surface area contributed by atoms with E-state index in [1.54, 1.807) is 41.3 Å². The van der Waals surface area contributed by atoms with Gasteiger partial charge in [-0.3, -0.25) is 33.9 Å². The van der Waals surface area contributed by atoms with Crippen LogP contribution in [-0.2, 0) is 45.2 Å². The van der Waals surface area contributed by atoms with E-state index in [1.807, 2.05) is 107 Å². The predicted octanol–water partition coefficient (Wildman–Crippen LogP) is 10.3. The Morgan fingerprint density at radius 3 is 2.13 bits per heavy atom. The maximum absolute atomic E-state index is 14.5. The number of nitrogens with one attached hydrogen (secondary N) is 2. The molecule has 3 N–H and O–H groups in total. The zero-order valence-corrected chi connectivity index (χ0v) is 64.0. The Labute approximate surface area is 616 Å². The number of rotatable bonds is 27. The standard InChI is InChI=1S/C78H100ClN9O10S4/c1-54(57-13-15-60(16-14-57)73-55(2)80-53-100-73)81-75(92)69-44-65(89)48-88(69)76(93)74(77(3,4)5)82-72(91)49-85-31-33-86(34-32-85)52-78(6)29-27-68(58-17-22-63(79)23-18-58)62(46-78)47-84-35-37-87(38-36-84)64-24-19-59(20-25-64)70(90)51-102(96,97)67-26-21-61(71(45-67)101(7,94)95)43-56(28-30-83-39-41-98-42-40-83)50-99-66-11-9-8-10-12-66/h8-26,45,53-54,56,65,69,74,89H,27-44,46-52H2,1-7H3,(H,81,92)(H,82,91)/t54-,56-,65+,69-,74+,78?/m0/s1. The number of ether oxygens (including phenoxy) is 1. The van der Waals surface area contributed by atoms with Crippen molar-refractivity contribution in [2.75, 3.05) is 134 Å². The number of amides is 3. The van der Waals surface area contributed by atoms with Crippen molar-refractivity contribution in [2.24, 2.45) is 16.7 Å². The molecule has 19 nitrogen and oxygen atoms in total. The number of thioether (sulfide) groups is 1. The summed E-state index contributed by atoms with van der Waals surface area (Å²) in [6.07, 6.45) is 4.47. The van der Waals surface area contributed by atoms with Crippen LogP contribution in [0.3, 0.4) is 0 Å². The number of carbonyl (C=O) groups is 4. The van der Waals surface area contributed by atoms with Gasteiger partial charge in [-0.25, -0.2) is 21.8 Å². The second-order valence-electron chi connectivity index (χ2n) is 30.0. The number of Topliss-reactive ketones (excluding diaryl/α,β-unsaturated/α-hetero) is 1. The van der Waals surface area contributed by atoms with Crippen LogP contribution in [-0.4, -0.2) is 222 Å². The summed E-state index contributed by atoms with van der Waals surface area (Å²) < 4.78 is 60.4. The number of ketones is 1. The molecule has 0 bridgehead atoms. The summed E-state index contributed by atoms with van der Waals surface area (Å²) in [5.41, 5.74) is 9.78. The van der Waals surface area contributed by atoms with Gasteiger partial charge in [-0.15, -0.1) is 23.1 Å². The molecular weight excluding hydrogens is 1390 g/mol. The van der Waals surface area contributed by atoms with Gasteiger partial charge in [0.05, 0.1) is 57.8 Å². The fourth-order valence-electron chi connectivity index (χ4n) is 15.0. The van der Waals surface area contributed by atoms with Crippen LogP contribution in [0, 0.1) is 23.7 Å². The predicted molar refractivity (Wildman–Crippen MR) is 407 cm³/mol. The highest BCUT2D eigenvalue weighted by molar-refractivity contribution is 7.99. The molecule has 0 radical (unpaired) electrons. The van der Waals surface area contributed by atoms with Crippen LogP contribution >= 0.6 is 34.7 Å². The Balaban J connectivity index is 0.659. The molecule has 548 valence electrons. The number of hydrogen-bond donors (Lipinski definition) is 3. The molecule has 6 atom stereocenters. The lowest BCUT2D eigenvalue weighted by Gasteiger charge is -2.44. The third kappa shape index (κ3) is 20.2. The maximum atomic E-state index is 14.5. The third-order valence-corrected chi connectivity index (χ3v) is 26.2. The number of anilines is 1. The molecule has 4 aliphatic heterocycles. The van der Waals surface area contributed by atoms with Crippen LogP contribution in [0.5, 0.6) is 0 Å². The second-order valence-corrected chi connectivity index (χ2v) is 36.3. The van der Waals surface area contributed by atoms with Crippen LogP contribution in [0.1, 0.15) is 106 Å². The monoisotopic (exact) mass is 1490 g/mol. The molecule has 11 rings (SSSR count). The number of hydrogen-bond acceptors (Lipinski definition) is 18. The fourth-order valence-corrected chi connectivity index (χ4v) is 19.3. The number of piperazine rings is 2. The number of halogens is 1. The summed E-state index contributed by atoms with van der Waals surface area (Å²) >= 11 is 9.73. The molecule has 6 aromatic rings. The topological polar surface area (TPSA) is 222 Å². The van der Waals surface area contributed by atoms with Gasteiger partial charge in [0.1, 0.15) is 17.8 Å². The van der Waals surface area contributed by atoms with Gasteiger partial charge in [0.15, 0.2) is 25.5 Å². The molecule has 1 aromatic heterocycles. The van der Waals surface area contributed by atoms with E-state index >= 15 is 0 Å². The first-order valence-corrected chi connectivity index (χ1v) is 41.6. The second kappa shape index (κ2) is 33.8. The molecule has 0 saturated carbocycles. The number of aliphatic hydroxyl groups excluding tert-OH is 1. The summed E-state index contributed by atoms with van der Waals surface area (Å²) in [5.74, 6) is -1.52. The molecule has 1 aliphatic carbocycles. The van der Waals surface area contributed by atoms with Gasteiger partial charge < -0.3 is 35.2 Å². The molecule has 0 spiro atoms. The van der Waals surface area contributed by atoms with Gasteiger partial charge in [0.25, 0.3) is 0 Å². The van der Waals surface area contributed by atoms with Crippen LogP contribution in [0.15, 0.2) is 147 Å². The average molecular weight is 1490 g/mol. The van der Waals surface area contributed by atoms with Gasteiger partial charge in [0.2, 0.25) is 17.7 Å². The molecule has 102 heavy (non-hydrogen) atoms. The van der Waals surface area contributed by atoms with Gasteiger partial charge in [-0.05, 0) is 158 Å². The minimum atomic E-state index is -4.23. The Kier molecular flexibility index (Phi) is 25.5. The number of β-amino-alcohol motifs (C(OH)–C–C–N with tert-alkyl or cyclic N) is 1. The van der Waals surface area contributed by atoms with Crippen LogP contribution < -0.4 is 15.5 Å². The summed E-state index contributed by atoms with van der Waals surface area (Å²) in [5, 5.41) is 17.7. The van der Waals surface area contributed by atoms with Crippen molar-refractivity contribution >= 4 is 89.1 Å². The zero-order chi connectivity index (χ0) is 72.5. The molecule has 4 saturated heterocycles. The van der Waals surface area contributed by atoms with E-state index in [9.17, 15) is 41.1 Å². The minimum absolute atomic E-state index is 0.00613. The largest absolute Gasteiger partial charge is 0.391 e. The van der Waals surface area contributed by atoms with E-state index in [0.717, 1.165) is 142 Å². The Hall–Kier alpha value is -6.35. The van der Waals surface area contributed by atoms with Gasteiger partial charge in [0, 0.05) is 125 Å². The van der Waals surface area contributed by atoms with Crippen molar-refractivity contribution in [1.82, 2.24) is 40.1 Å². The number of allylic oxidation sites excluding steroid dienone is 1. The number of carbonyl (C=O) groups excluding carboxylic acids is 4. The van der Waals surface area contributed by atoms with E-state index in [-0.39, 0.29) is 64.1 Å². The quantitative estimate of drug-likeness (QED) is 0.0322. The Morgan fingerprint density at radius 1 is 0.804 bits per heavy atom. The van der Waals surface area contributed by atoms with Crippen LogP contribution in [0.2, 0.25) is 5.02 Å². The number of sulfone groups is 2. The van der Waals surface area contributed by atoms with E-state index in [4.69, 9.17) is 16.3 Å². The van der Waals surface area contributed by atoms with Crippen LogP contribution in [0.25, 0.3) is 16.0 Å². The highest BCUT2D eigenvalue weighted by Crippen LogP contribution is 2.44. The molecule has 5 aliphatic rings. The summed E-state index contributed by atoms with van der Waals surface area (Å²) in [7, 11) is -8.07. The molecule has 4 fully saturated rings. The summed E-state index contributed by atoms with van der Waals surface area (Å²) in [4.78, 5) is 75.9. The molecule has 24 heteroatoms. The molecular formula is C78H100ClN9O10S4. The van der Waals surface area contributed by atoms with Crippen molar-refractivity contribution in [3.05, 3.63) is 165 Å². The lowest BCUT2D eigenvalue weighted by atomic mass is 9.71. The van der Waals surface area contributed by atoms with Gasteiger partial charge >= 0.3 is 0 Å². The Morgan fingerprint density at radius 2 is 1.47 bits per heavy atom. The van der Waals surface area contributed by atoms with E-state index in [1.165, 1.54) is 33.7 Å². The van der Waals surface area contributed by atoms with Crippen molar-refractivity contribution < 1.29 is 45.9 Å². The zero-order valence-electron chi connectivity index (χ0n) is 60.0. The van der Waals surface area contributed by atoms with Gasteiger partial charge in [-0.2, -0.15) is 0 Å². The highest BCUT2D eigenvalue weighted by Gasteiger charge is 2.45. The van der Waals surface area contributed by atoms with Crippen LogP contribution in [0.4, 0.5) is 5.69 Å². The van der Waals surface area contributed by atoms with Crippen molar-refractivity contribution in [2.45, 2.75) is 119 Å². The minimum Gasteiger partial charge on any atom is -0.391 e. The number of nitrogens with zero attached hydrogens (tertiary/aromatic N) is 7. The van der Waals surface area contributed by atoms with Crippen molar-refractivity contribution in [3.63, 3.8) is 0 Å². The number of benzene rings is 5. The molecule has 5 aromatic carbocycles. The smallest absolute Gasteiger partial charge is 0.246 e. The number of thiazole rings is 1. The number of likely N-dealkylation sites (tertiary alicyclic amines) is 1. The number of aliphatic hydroxyl groups is 1. The van der Waals surface area contributed by atoms with E-state index in [0.29, 0.717) is 43.3 Å². The lowest BCUT2D eigenvalue weighted by Crippen LogP contribution is -2.59. The van der Waals surface area contributed by atoms with Crippen molar-refractivity contribution in [3.8, 4) is 10.4 Å². The SMILES string of the molecule is Cc1ncsc1-c1ccc([C@H](C)NC(=O)[C@@H]2C[C@@H](O)CN2C(=O)[C@@H](NC(=O)CN2CCN(CC3(C)CCC(c4ccc(Cl)cc4)=C(CN4CCN(c5ccc(C(=O)CS(=O)(=O)c6ccc(C[C@H](CCN7CCOCC7)CSc7ccccc7)c(S(C)(=O)=O)c6)cc5)CC4)C3)CC2)C(C)(C)C)cc1. The molecule has 3 amide bonds. The average Bonchev–Trinajstić information content (AvgIpc) is 0.960. The third-order valence-electron chi connectivity index (χ3n) is 20.9. The highest BCUT2D eigenvalue weighted by atomic mass is 35.5. The first-order chi connectivity index (χ1) is 48.6. The molecule has 5 heterocycles. The number of aryl methyl sites for hydroxylation is 1. The summed E-state index contributed by atoms with van der Waals surface area (Å²) in [6.45, 7) is 23.8. The van der Waals surface area contributed by atoms with E-state index < -0.39 is 60.7 Å². The lowest BCUT2D eigenvalue weighted by molar-refractivity contribution is -0.144. The fraction of sp³-hybridized carbons (Fsp3) is 0.500. The number of morpholine rings is 1.